The lowest BCUT2D eigenvalue weighted by Gasteiger charge is -2.07. The Balaban J connectivity index is 1.98. The maximum absolute atomic E-state index is 11.7. The first-order valence-electron chi connectivity index (χ1n) is 5.03. The number of nitrogens with zero attached hydrogens (tertiary/aromatic N) is 2. The topological polar surface area (TPSA) is 101 Å². The summed E-state index contributed by atoms with van der Waals surface area (Å²) in [7, 11) is -1.30. The molecule has 0 spiro atoms. The number of carbonyl (C=O) groups is 1. The van der Waals surface area contributed by atoms with E-state index in [9.17, 15) is 13.2 Å². The molecule has 94 valence electrons. The summed E-state index contributed by atoms with van der Waals surface area (Å²) in [5.41, 5.74) is 0. The van der Waals surface area contributed by atoms with Crippen LogP contribution in [0.4, 0.5) is 5.13 Å². The Kier molecular flexibility index (Phi) is 3.29. The fourth-order valence-electron chi connectivity index (χ4n) is 1.57. The summed E-state index contributed by atoms with van der Waals surface area (Å²) in [6.45, 7) is 0. The first-order chi connectivity index (χ1) is 8.00. The Morgan fingerprint density at radius 1 is 1.47 bits per heavy atom. The molecule has 0 saturated carbocycles. The van der Waals surface area contributed by atoms with Crippen LogP contribution in [0, 0.1) is 0 Å². The molecule has 1 saturated heterocycles. The van der Waals surface area contributed by atoms with E-state index in [0.717, 1.165) is 11.3 Å². The molecule has 1 aromatic rings. The molecule has 9 heteroatoms. The van der Waals surface area contributed by atoms with Gasteiger partial charge in [0.15, 0.2) is 9.84 Å². The van der Waals surface area contributed by atoms with Gasteiger partial charge in [0.1, 0.15) is 0 Å². The van der Waals surface area contributed by atoms with Crippen molar-refractivity contribution in [2.75, 3.05) is 23.9 Å². The van der Waals surface area contributed by atoms with Gasteiger partial charge in [0, 0.05) is 13.1 Å². The molecule has 2 rings (SSSR count). The SMILES string of the molecule is CNc1nnc(C(=O)NC2CCS(=O)(=O)C2)s1. The lowest BCUT2D eigenvalue weighted by molar-refractivity contribution is 0.0940. The van der Waals surface area contributed by atoms with Crippen LogP contribution in [0.25, 0.3) is 0 Å². The van der Waals surface area contributed by atoms with Crippen molar-refractivity contribution < 1.29 is 13.2 Å². The van der Waals surface area contributed by atoms with Crippen molar-refractivity contribution >= 4 is 32.2 Å². The minimum Gasteiger partial charge on any atom is -0.363 e. The zero-order chi connectivity index (χ0) is 12.5. The number of amides is 1. The molecule has 17 heavy (non-hydrogen) atoms. The molecule has 1 amide bonds. The van der Waals surface area contributed by atoms with Crippen LogP contribution in [0.2, 0.25) is 0 Å². The predicted molar refractivity (Wildman–Crippen MR) is 64.0 cm³/mol. The van der Waals surface area contributed by atoms with Gasteiger partial charge in [0.05, 0.1) is 11.5 Å². The second-order valence-corrected chi connectivity index (χ2v) is 6.94. The van der Waals surface area contributed by atoms with Gasteiger partial charge in [-0.1, -0.05) is 11.3 Å². The van der Waals surface area contributed by atoms with Gasteiger partial charge in [-0.2, -0.15) is 0 Å². The number of anilines is 1. The lowest BCUT2D eigenvalue weighted by Crippen LogP contribution is -2.35. The van der Waals surface area contributed by atoms with Gasteiger partial charge in [-0.15, -0.1) is 10.2 Å². The summed E-state index contributed by atoms with van der Waals surface area (Å²) in [6, 6.07) is -0.311. The third-order valence-corrected chi connectivity index (χ3v) is 5.11. The van der Waals surface area contributed by atoms with Crippen molar-refractivity contribution in [2.45, 2.75) is 12.5 Å². The van der Waals surface area contributed by atoms with Crippen molar-refractivity contribution in [3.63, 3.8) is 0 Å². The molecule has 1 aliphatic heterocycles. The fraction of sp³-hybridized carbons (Fsp3) is 0.625. The van der Waals surface area contributed by atoms with Gasteiger partial charge in [0.2, 0.25) is 10.1 Å². The molecule has 1 aromatic heterocycles. The van der Waals surface area contributed by atoms with Crippen molar-refractivity contribution in [2.24, 2.45) is 0 Å². The minimum atomic E-state index is -2.98. The predicted octanol–water partition coefficient (Wildman–Crippen LogP) is -0.503. The van der Waals surface area contributed by atoms with Crippen LogP contribution < -0.4 is 10.6 Å². The molecule has 1 atom stereocenters. The smallest absolute Gasteiger partial charge is 0.282 e. The molecule has 1 unspecified atom stereocenters. The van der Waals surface area contributed by atoms with Gasteiger partial charge >= 0.3 is 0 Å². The van der Waals surface area contributed by atoms with E-state index in [0.29, 0.717) is 11.6 Å². The molecule has 0 aliphatic carbocycles. The summed E-state index contributed by atoms with van der Waals surface area (Å²) in [5, 5.41) is 13.7. The van der Waals surface area contributed by atoms with E-state index in [1.807, 2.05) is 0 Å². The highest BCUT2D eigenvalue weighted by molar-refractivity contribution is 7.91. The largest absolute Gasteiger partial charge is 0.363 e. The number of aromatic nitrogens is 2. The van der Waals surface area contributed by atoms with Crippen molar-refractivity contribution in [1.29, 1.82) is 0 Å². The van der Waals surface area contributed by atoms with E-state index < -0.39 is 9.84 Å². The average Bonchev–Trinajstić information content (AvgIpc) is 2.85. The van der Waals surface area contributed by atoms with E-state index in [4.69, 9.17) is 0 Å². The van der Waals surface area contributed by atoms with Crippen molar-refractivity contribution in [3.8, 4) is 0 Å². The normalized spacial score (nSPS) is 22.3. The molecule has 7 nitrogen and oxygen atoms in total. The second-order valence-electron chi connectivity index (χ2n) is 3.74. The Morgan fingerprint density at radius 2 is 2.24 bits per heavy atom. The van der Waals surface area contributed by atoms with Crippen LogP contribution in [-0.4, -0.2) is 49.1 Å². The first-order valence-corrected chi connectivity index (χ1v) is 7.66. The number of sulfone groups is 1. The van der Waals surface area contributed by atoms with Crippen LogP contribution in [0.1, 0.15) is 16.2 Å². The number of nitrogens with one attached hydrogen (secondary N) is 2. The molecule has 2 N–H and O–H groups in total. The van der Waals surface area contributed by atoms with Crippen LogP contribution in [-0.2, 0) is 9.84 Å². The highest BCUT2D eigenvalue weighted by Gasteiger charge is 2.29. The molecular weight excluding hydrogens is 264 g/mol. The third kappa shape index (κ3) is 2.91. The summed E-state index contributed by atoms with van der Waals surface area (Å²) < 4.78 is 22.4. The molecule has 0 bridgehead atoms. The standard InChI is InChI=1S/C8H12N4O3S2/c1-9-8-12-11-7(16-8)6(13)10-5-2-3-17(14,15)4-5/h5H,2-4H2,1H3,(H,9,12)(H,10,13). The zero-order valence-corrected chi connectivity index (χ0v) is 10.8. The van der Waals surface area contributed by atoms with Gasteiger partial charge in [0.25, 0.3) is 5.91 Å². The highest BCUT2D eigenvalue weighted by Crippen LogP contribution is 2.16. The van der Waals surface area contributed by atoms with E-state index in [1.54, 1.807) is 7.05 Å². The monoisotopic (exact) mass is 276 g/mol. The molecule has 1 fully saturated rings. The maximum Gasteiger partial charge on any atom is 0.282 e. The first kappa shape index (κ1) is 12.2. The van der Waals surface area contributed by atoms with Crippen molar-refractivity contribution in [3.05, 3.63) is 5.01 Å². The van der Waals surface area contributed by atoms with Gasteiger partial charge < -0.3 is 10.6 Å². The van der Waals surface area contributed by atoms with Gasteiger partial charge in [-0.05, 0) is 6.42 Å². The van der Waals surface area contributed by atoms with E-state index in [1.165, 1.54) is 0 Å². The zero-order valence-electron chi connectivity index (χ0n) is 9.13. The maximum atomic E-state index is 11.7. The highest BCUT2D eigenvalue weighted by atomic mass is 32.2. The number of hydrogen-bond acceptors (Lipinski definition) is 7. The molecular formula is C8H12N4O3S2. The summed E-state index contributed by atoms with van der Waals surface area (Å²) >= 11 is 1.13. The second kappa shape index (κ2) is 4.57. The van der Waals surface area contributed by atoms with Crippen LogP contribution in [0.15, 0.2) is 0 Å². The summed E-state index contributed by atoms with van der Waals surface area (Å²) in [5.74, 6) is -0.224. The molecule has 0 radical (unpaired) electrons. The summed E-state index contributed by atoms with van der Waals surface area (Å²) in [4.78, 5) is 11.7. The van der Waals surface area contributed by atoms with E-state index >= 15 is 0 Å². The quantitative estimate of drug-likeness (QED) is 0.771. The van der Waals surface area contributed by atoms with Gasteiger partial charge in [-0.25, -0.2) is 8.42 Å². The lowest BCUT2D eigenvalue weighted by atomic mass is 10.2. The van der Waals surface area contributed by atoms with Crippen molar-refractivity contribution in [1.82, 2.24) is 15.5 Å². The van der Waals surface area contributed by atoms with E-state index in [2.05, 4.69) is 20.8 Å². The minimum absolute atomic E-state index is 0.0103. The molecule has 1 aliphatic rings. The van der Waals surface area contributed by atoms with E-state index in [-0.39, 0.29) is 28.5 Å². The average molecular weight is 276 g/mol. The Hall–Kier alpha value is -1.22. The number of rotatable bonds is 3. The fourth-order valence-corrected chi connectivity index (χ4v) is 3.85. The summed E-state index contributed by atoms with van der Waals surface area (Å²) in [6.07, 6.45) is 0.464. The molecule has 0 aromatic carbocycles. The van der Waals surface area contributed by atoms with Crippen LogP contribution >= 0.6 is 11.3 Å². The molecule has 2 heterocycles. The number of hydrogen-bond donors (Lipinski definition) is 2. The Bertz CT molecular complexity index is 525. The van der Waals surface area contributed by atoms with Gasteiger partial charge in [-0.3, -0.25) is 4.79 Å². The third-order valence-electron chi connectivity index (χ3n) is 2.40. The number of carbonyl (C=O) groups excluding carboxylic acids is 1. The Morgan fingerprint density at radius 3 is 2.76 bits per heavy atom. The van der Waals surface area contributed by atoms with Crippen LogP contribution in [0.3, 0.4) is 0 Å². The van der Waals surface area contributed by atoms with Crippen LogP contribution in [0.5, 0.6) is 0 Å². The Labute approximate surface area is 103 Å².